The standard InChI is InChI=1S/C16H24O2/c1-13(18-17-2)12-14-8-10-16(11-9-14)15-6-4-3-5-7-15/h8-11,13,15H,3-7,12H2,1-2H3. The Morgan fingerprint density at radius 3 is 2.39 bits per heavy atom. The van der Waals surface area contributed by atoms with E-state index >= 15 is 0 Å². The first-order valence-corrected chi connectivity index (χ1v) is 7.08. The van der Waals surface area contributed by atoms with E-state index in [1.54, 1.807) is 7.11 Å². The molecule has 1 aliphatic carbocycles. The molecule has 1 aromatic rings. The Morgan fingerprint density at radius 1 is 1.11 bits per heavy atom. The first kappa shape index (κ1) is 13.6. The molecule has 2 rings (SSSR count). The van der Waals surface area contributed by atoms with Gasteiger partial charge in [0.15, 0.2) is 0 Å². The molecule has 0 amide bonds. The van der Waals surface area contributed by atoms with E-state index in [1.807, 2.05) is 6.92 Å². The second-order valence-corrected chi connectivity index (χ2v) is 5.35. The number of benzene rings is 1. The highest BCUT2D eigenvalue weighted by Gasteiger charge is 2.15. The molecule has 0 aromatic heterocycles. The minimum absolute atomic E-state index is 0.107. The highest BCUT2D eigenvalue weighted by atomic mass is 17.2. The van der Waals surface area contributed by atoms with Crippen LogP contribution in [-0.2, 0) is 16.2 Å². The van der Waals surface area contributed by atoms with Crippen LogP contribution < -0.4 is 0 Å². The predicted molar refractivity (Wildman–Crippen MR) is 73.5 cm³/mol. The number of hydrogen-bond acceptors (Lipinski definition) is 2. The summed E-state index contributed by atoms with van der Waals surface area (Å²) >= 11 is 0. The van der Waals surface area contributed by atoms with Crippen LogP contribution in [0.25, 0.3) is 0 Å². The Hall–Kier alpha value is -0.860. The average Bonchev–Trinajstić information content (AvgIpc) is 2.41. The lowest BCUT2D eigenvalue weighted by molar-refractivity contribution is -0.300. The molecule has 0 spiro atoms. The summed E-state index contributed by atoms with van der Waals surface area (Å²) in [5, 5.41) is 0. The van der Waals surface area contributed by atoms with E-state index in [2.05, 4.69) is 24.3 Å². The molecular formula is C16H24O2. The van der Waals surface area contributed by atoms with Gasteiger partial charge in [0.05, 0.1) is 13.2 Å². The lowest BCUT2D eigenvalue weighted by Crippen LogP contribution is -2.11. The van der Waals surface area contributed by atoms with Crippen LogP contribution in [0.1, 0.15) is 56.1 Å². The van der Waals surface area contributed by atoms with Crippen molar-refractivity contribution in [1.82, 2.24) is 0 Å². The van der Waals surface area contributed by atoms with E-state index in [4.69, 9.17) is 9.78 Å². The average molecular weight is 248 g/mol. The molecule has 1 atom stereocenters. The number of hydrogen-bond donors (Lipinski definition) is 0. The van der Waals surface area contributed by atoms with Crippen molar-refractivity contribution >= 4 is 0 Å². The summed E-state index contributed by atoms with van der Waals surface area (Å²) in [7, 11) is 1.56. The summed E-state index contributed by atoms with van der Waals surface area (Å²) in [4.78, 5) is 9.79. The van der Waals surface area contributed by atoms with Gasteiger partial charge in [0.25, 0.3) is 0 Å². The molecule has 100 valence electrons. The summed E-state index contributed by atoms with van der Waals surface area (Å²) < 4.78 is 0. The zero-order valence-electron chi connectivity index (χ0n) is 11.5. The lowest BCUT2D eigenvalue weighted by atomic mass is 9.84. The van der Waals surface area contributed by atoms with Crippen molar-refractivity contribution in [3.05, 3.63) is 35.4 Å². The highest BCUT2D eigenvalue weighted by molar-refractivity contribution is 5.26. The summed E-state index contributed by atoms with van der Waals surface area (Å²) in [6.45, 7) is 2.03. The van der Waals surface area contributed by atoms with Gasteiger partial charge in [-0.25, -0.2) is 9.78 Å². The molecule has 2 heteroatoms. The Morgan fingerprint density at radius 2 is 1.78 bits per heavy atom. The minimum atomic E-state index is 0.107. The smallest absolute Gasteiger partial charge is 0.0941 e. The van der Waals surface area contributed by atoms with E-state index in [-0.39, 0.29) is 6.10 Å². The normalized spacial score (nSPS) is 18.8. The van der Waals surface area contributed by atoms with Crippen LogP contribution >= 0.6 is 0 Å². The van der Waals surface area contributed by atoms with Crippen LogP contribution in [-0.4, -0.2) is 13.2 Å². The fraction of sp³-hybridized carbons (Fsp3) is 0.625. The number of rotatable bonds is 5. The van der Waals surface area contributed by atoms with Gasteiger partial charge in [0.2, 0.25) is 0 Å². The largest absolute Gasteiger partial charge is 0.240 e. The summed E-state index contributed by atoms with van der Waals surface area (Å²) in [5.41, 5.74) is 2.83. The maximum absolute atomic E-state index is 5.09. The minimum Gasteiger partial charge on any atom is -0.240 e. The molecule has 1 aromatic carbocycles. The molecule has 2 nitrogen and oxygen atoms in total. The molecule has 1 unspecified atom stereocenters. The molecule has 1 saturated carbocycles. The van der Waals surface area contributed by atoms with Crippen molar-refractivity contribution in [1.29, 1.82) is 0 Å². The van der Waals surface area contributed by atoms with Gasteiger partial charge in [-0.2, -0.15) is 0 Å². The van der Waals surface area contributed by atoms with Gasteiger partial charge in [0.1, 0.15) is 0 Å². The monoisotopic (exact) mass is 248 g/mol. The molecule has 1 aliphatic rings. The molecule has 0 aliphatic heterocycles. The Kier molecular flexibility index (Phi) is 5.21. The van der Waals surface area contributed by atoms with E-state index in [0.29, 0.717) is 0 Å². The van der Waals surface area contributed by atoms with Crippen LogP contribution in [0.5, 0.6) is 0 Å². The Bertz CT molecular complexity index is 339. The molecular weight excluding hydrogens is 224 g/mol. The third kappa shape index (κ3) is 3.82. The van der Waals surface area contributed by atoms with Gasteiger partial charge in [0, 0.05) is 6.42 Å². The predicted octanol–water partition coefficient (Wildman–Crippen LogP) is 4.24. The third-order valence-corrected chi connectivity index (χ3v) is 3.84. The molecule has 18 heavy (non-hydrogen) atoms. The SMILES string of the molecule is COOC(C)Cc1ccc(C2CCCCC2)cc1. The third-order valence-electron chi connectivity index (χ3n) is 3.84. The van der Waals surface area contributed by atoms with Crippen molar-refractivity contribution in [2.45, 2.75) is 57.5 Å². The zero-order chi connectivity index (χ0) is 12.8. The van der Waals surface area contributed by atoms with Gasteiger partial charge in [-0.15, -0.1) is 0 Å². The van der Waals surface area contributed by atoms with Crippen molar-refractivity contribution in [2.24, 2.45) is 0 Å². The van der Waals surface area contributed by atoms with E-state index < -0.39 is 0 Å². The maximum Gasteiger partial charge on any atom is 0.0941 e. The van der Waals surface area contributed by atoms with E-state index in [0.717, 1.165) is 12.3 Å². The van der Waals surface area contributed by atoms with Gasteiger partial charge in [-0.1, -0.05) is 43.5 Å². The molecule has 1 fully saturated rings. The zero-order valence-corrected chi connectivity index (χ0v) is 11.5. The Balaban J connectivity index is 1.92. The second-order valence-electron chi connectivity index (χ2n) is 5.35. The first-order chi connectivity index (χ1) is 8.79. The quantitative estimate of drug-likeness (QED) is 0.573. The van der Waals surface area contributed by atoms with Crippen LogP contribution in [0.4, 0.5) is 0 Å². The van der Waals surface area contributed by atoms with Crippen LogP contribution in [0, 0.1) is 0 Å². The molecule has 0 heterocycles. The molecule has 0 radical (unpaired) electrons. The molecule has 0 bridgehead atoms. The molecule has 0 N–H and O–H groups in total. The second kappa shape index (κ2) is 6.91. The first-order valence-electron chi connectivity index (χ1n) is 7.08. The van der Waals surface area contributed by atoms with Crippen molar-refractivity contribution in [3.63, 3.8) is 0 Å². The topological polar surface area (TPSA) is 18.5 Å². The van der Waals surface area contributed by atoms with Gasteiger partial charge in [-0.3, -0.25) is 0 Å². The van der Waals surface area contributed by atoms with Gasteiger partial charge < -0.3 is 0 Å². The fourth-order valence-electron chi connectivity index (χ4n) is 2.89. The molecule has 0 saturated heterocycles. The van der Waals surface area contributed by atoms with Crippen LogP contribution in [0.3, 0.4) is 0 Å². The fourth-order valence-corrected chi connectivity index (χ4v) is 2.89. The van der Waals surface area contributed by atoms with Crippen molar-refractivity contribution < 1.29 is 9.78 Å². The van der Waals surface area contributed by atoms with Crippen molar-refractivity contribution in [2.75, 3.05) is 7.11 Å². The Labute approximate surface area is 110 Å². The van der Waals surface area contributed by atoms with Crippen molar-refractivity contribution in [3.8, 4) is 0 Å². The summed E-state index contributed by atoms with van der Waals surface area (Å²) in [5.74, 6) is 0.792. The summed E-state index contributed by atoms with van der Waals surface area (Å²) in [6, 6.07) is 9.06. The van der Waals surface area contributed by atoms with Crippen LogP contribution in [0.15, 0.2) is 24.3 Å². The summed E-state index contributed by atoms with van der Waals surface area (Å²) in [6.07, 6.45) is 7.94. The maximum atomic E-state index is 5.09. The van der Waals surface area contributed by atoms with E-state index in [9.17, 15) is 0 Å². The van der Waals surface area contributed by atoms with Gasteiger partial charge >= 0.3 is 0 Å². The van der Waals surface area contributed by atoms with Crippen LogP contribution in [0.2, 0.25) is 0 Å². The lowest BCUT2D eigenvalue weighted by Gasteiger charge is -2.22. The van der Waals surface area contributed by atoms with Gasteiger partial charge in [-0.05, 0) is 36.8 Å². The highest BCUT2D eigenvalue weighted by Crippen LogP contribution is 2.32. The van der Waals surface area contributed by atoms with E-state index in [1.165, 1.54) is 43.2 Å².